The van der Waals surface area contributed by atoms with Crippen LogP contribution in [0.5, 0.6) is 11.5 Å². The number of nitrogens with zero attached hydrogens (tertiary/aromatic N) is 1. The fourth-order valence-corrected chi connectivity index (χ4v) is 4.43. The molecule has 1 saturated heterocycles. The first-order chi connectivity index (χ1) is 16.1. The van der Waals surface area contributed by atoms with Crippen LogP contribution in [0.1, 0.15) is 17.2 Å². The number of carbonyl (C=O) groups is 2. The summed E-state index contributed by atoms with van der Waals surface area (Å²) in [5.41, 5.74) is -0.734. The zero-order valence-corrected chi connectivity index (χ0v) is 18.9. The van der Waals surface area contributed by atoms with Gasteiger partial charge in [-0.15, -0.1) is 0 Å². The van der Waals surface area contributed by atoms with E-state index in [1.165, 1.54) is 43.5 Å². The normalized spacial score (nSPS) is 17.3. The van der Waals surface area contributed by atoms with Crippen LogP contribution in [-0.4, -0.2) is 29.0 Å². The van der Waals surface area contributed by atoms with E-state index in [9.17, 15) is 28.6 Å². The molecule has 0 spiro atoms. The molecule has 0 aliphatic carbocycles. The number of phenolic OH excluding ortho intramolecular Hbond substituents is 1. The van der Waals surface area contributed by atoms with Crippen molar-refractivity contribution < 1.29 is 33.3 Å². The number of Topliss-reactive ketones (excluding diaryl/α,β-unsaturated/α-hetero) is 1. The Morgan fingerprint density at radius 1 is 1.06 bits per heavy atom. The van der Waals surface area contributed by atoms with Crippen LogP contribution in [0.2, 0.25) is 10.0 Å². The molecule has 6 nitrogen and oxygen atoms in total. The Labute approximate surface area is 202 Å². The predicted molar refractivity (Wildman–Crippen MR) is 122 cm³/mol. The van der Waals surface area contributed by atoms with Gasteiger partial charge in [0.05, 0.1) is 35.0 Å². The molecule has 1 atom stereocenters. The Hall–Kier alpha value is -3.62. The van der Waals surface area contributed by atoms with Crippen molar-refractivity contribution >= 4 is 46.3 Å². The molecule has 1 unspecified atom stereocenters. The number of aliphatic hydroxyl groups excluding tert-OH is 1. The second-order valence-corrected chi connectivity index (χ2v) is 8.17. The van der Waals surface area contributed by atoms with E-state index in [1.54, 1.807) is 0 Å². The molecule has 0 radical (unpaired) electrons. The largest absolute Gasteiger partial charge is 0.508 e. The summed E-state index contributed by atoms with van der Waals surface area (Å²) >= 11 is 12.2. The lowest BCUT2D eigenvalue weighted by molar-refractivity contribution is -0.132. The Bertz CT molecular complexity index is 1380. The van der Waals surface area contributed by atoms with E-state index >= 15 is 0 Å². The third-order valence-corrected chi connectivity index (χ3v) is 5.77. The van der Waals surface area contributed by atoms with Crippen molar-refractivity contribution in [2.24, 2.45) is 0 Å². The van der Waals surface area contributed by atoms with Gasteiger partial charge in [0.15, 0.2) is 0 Å². The second-order valence-electron chi connectivity index (χ2n) is 7.33. The summed E-state index contributed by atoms with van der Waals surface area (Å²) in [5.74, 6) is -5.21. The number of aliphatic hydroxyl groups is 1. The number of anilines is 1. The Kier molecular flexibility index (Phi) is 6.20. The van der Waals surface area contributed by atoms with Gasteiger partial charge in [0, 0.05) is 11.1 Å². The first kappa shape index (κ1) is 23.5. The number of ether oxygens (including phenoxy) is 1. The number of hydrogen-bond acceptors (Lipinski definition) is 5. The molecular weight excluding hydrogens is 491 g/mol. The summed E-state index contributed by atoms with van der Waals surface area (Å²) in [6.45, 7) is 0. The SMILES string of the molecule is COc1c(Cl)cc(Cl)cc1/C(O)=C1\C(=O)C(=O)N(c2ccc(F)cc2F)C1c1cccc(O)c1. The average Bonchev–Trinajstić information content (AvgIpc) is 3.03. The smallest absolute Gasteiger partial charge is 0.300 e. The molecule has 1 aliphatic heterocycles. The van der Waals surface area contributed by atoms with Gasteiger partial charge in [-0.1, -0.05) is 35.3 Å². The topological polar surface area (TPSA) is 87.1 Å². The van der Waals surface area contributed by atoms with Crippen LogP contribution in [0.15, 0.2) is 60.2 Å². The van der Waals surface area contributed by atoms with Crippen molar-refractivity contribution in [3.8, 4) is 11.5 Å². The van der Waals surface area contributed by atoms with Gasteiger partial charge in [-0.05, 0) is 42.0 Å². The van der Waals surface area contributed by atoms with Crippen LogP contribution in [0, 0.1) is 11.6 Å². The van der Waals surface area contributed by atoms with Crippen molar-refractivity contribution in [1.82, 2.24) is 0 Å². The lowest BCUT2D eigenvalue weighted by atomic mass is 9.94. The summed E-state index contributed by atoms with van der Waals surface area (Å²) < 4.78 is 33.5. The third-order valence-electron chi connectivity index (χ3n) is 5.27. The number of aromatic hydroxyl groups is 1. The molecule has 2 N–H and O–H groups in total. The highest BCUT2D eigenvalue weighted by atomic mass is 35.5. The lowest BCUT2D eigenvalue weighted by Gasteiger charge is -2.26. The Balaban J connectivity index is 2.04. The minimum atomic E-state index is -1.38. The Morgan fingerprint density at radius 2 is 1.79 bits per heavy atom. The maximum atomic E-state index is 14.7. The standard InChI is InChI=1S/C24H15Cl2F2NO5/c1-34-23-15(8-12(25)9-16(23)26)21(31)19-20(11-3-2-4-14(30)7-11)29(24(33)22(19)32)18-6-5-13(27)10-17(18)28/h2-10,20,30-31H,1H3/b21-19+. The summed E-state index contributed by atoms with van der Waals surface area (Å²) in [5, 5.41) is 21.4. The van der Waals surface area contributed by atoms with Gasteiger partial charge < -0.3 is 14.9 Å². The highest BCUT2D eigenvalue weighted by Crippen LogP contribution is 2.45. The van der Waals surface area contributed by atoms with Crippen LogP contribution in [0.25, 0.3) is 5.76 Å². The van der Waals surface area contributed by atoms with Crippen molar-refractivity contribution in [3.05, 3.63) is 93.0 Å². The van der Waals surface area contributed by atoms with E-state index in [2.05, 4.69) is 0 Å². The Morgan fingerprint density at radius 3 is 2.44 bits per heavy atom. The summed E-state index contributed by atoms with van der Waals surface area (Å²) in [6, 6.07) is 9.28. The van der Waals surface area contributed by atoms with Crippen LogP contribution >= 0.6 is 23.2 Å². The number of carbonyl (C=O) groups excluding carboxylic acids is 2. The molecular formula is C24H15Cl2F2NO5. The van der Waals surface area contributed by atoms with Crippen LogP contribution in [0.4, 0.5) is 14.5 Å². The van der Waals surface area contributed by atoms with Gasteiger partial charge in [0.2, 0.25) is 0 Å². The maximum Gasteiger partial charge on any atom is 0.300 e. The van der Waals surface area contributed by atoms with Gasteiger partial charge in [-0.25, -0.2) is 8.78 Å². The van der Waals surface area contributed by atoms with E-state index in [-0.39, 0.29) is 32.7 Å². The molecule has 0 saturated carbocycles. The fraction of sp³-hybridized carbons (Fsp3) is 0.0833. The quantitative estimate of drug-likeness (QED) is 0.273. The zero-order chi connectivity index (χ0) is 24.7. The van der Waals surface area contributed by atoms with E-state index in [4.69, 9.17) is 27.9 Å². The molecule has 4 rings (SSSR count). The number of halogens is 4. The highest BCUT2D eigenvalue weighted by molar-refractivity contribution is 6.52. The molecule has 1 aliphatic rings. The number of amides is 1. The van der Waals surface area contributed by atoms with Gasteiger partial charge in [0.1, 0.15) is 28.9 Å². The van der Waals surface area contributed by atoms with E-state index in [0.717, 1.165) is 17.0 Å². The third kappa shape index (κ3) is 3.95. The molecule has 0 aromatic heterocycles. The number of hydrogen-bond donors (Lipinski definition) is 2. The van der Waals surface area contributed by atoms with Crippen molar-refractivity contribution in [3.63, 3.8) is 0 Å². The van der Waals surface area contributed by atoms with Gasteiger partial charge in [-0.3, -0.25) is 14.5 Å². The first-order valence-electron chi connectivity index (χ1n) is 9.72. The van der Waals surface area contributed by atoms with E-state index < -0.39 is 46.4 Å². The van der Waals surface area contributed by atoms with Crippen molar-refractivity contribution in [2.45, 2.75) is 6.04 Å². The predicted octanol–water partition coefficient (Wildman–Crippen LogP) is 5.61. The number of benzene rings is 3. The average molecular weight is 506 g/mol. The lowest BCUT2D eigenvalue weighted by Crippen LogP contribution is -2.30. The van der Waals surface area contributed by atoms with Crippen molar-refractivity contribution in [1.29, 1.82) is 0 Å². The summed E-state index contributed by atoms with van der Waals surface area (Å²) in [7, 11) is 1.28. The van der Waals surface area contributed by atoms with Gasteiger partial charge in [0.25, 0.3) is 11.7 Å². The minimum Gasteiger partial charge on any atom is -0.508 e. The van der Waals surface area contributed by atoms with Crippen LogP contribution in [0.3, 0.4) is 0 Å². The number of rotatable bonds is 4. The molecule has 174 valence electrons. The summed E-state index contributed by atoms with van der Waals surface area (Å²) in [4.78, 5) is 27.0. The fourth-order valence-electron chi connectivity index (χ4n) is 3.86. The minimum absolute atomic E-state index is 0.0163. The van der Waals surface area contributed by atoms with Gasteiger partial charge >= 0.3 is 0 Å². The van der Waals surface area contributed by atoms with Crippen LogP contribution in [-0.2, 0) is 9.59 Å². The zero-order valence-electron chi connectivity index (χ0n) is 17.4. The maximum absolute atomic E-state index is 14.7. The monoisotopic (exact) mass is 505 g/mol. The molecule has 0 bridgehead atoms. The molecule has 1 fully saturated rings. The molecule has 34 heavy (non-hydrogen) atoms. The molecule has 3 aromatic rings. The number of ketones is 1. The number of methoxy groups -OCH3 is 1. The van der Waals surface area contributed by atoms with E-state index in [0.29, 0.717) is 6.07 Å². The summed E-state index contributed by atoms with van der Waals surface area (Å²) in [6.07, 6.45) is 0. The molecule has 1 heterocycles. The van der Waals surface area contributed by atoms with Crippen molar-refractivity contribution in [2.75, 3.05) is 12.0 Å². The molecule has 1 amide bonds. The van der Waals surface area contributed by atoms with Crippen LogP contribution < -0.4 is 9.64 Å². The first-order valence-corrected chi connectivity index (χ1v) is 10.5. The number of phenols is 1. The van der Waals surface area contributed by atoms with E-state index in [1.807, 2.05) is 0 Å². The highest BCUT2D eigenvalue weighted by Gasteiger charge is 2.48. The van der Waals surface area contributed by atoms with Gasteiger partial charge in [-0.2, -0.15) is 0 Å². The molecule has 3 aromatic carbocycles. The molecule has 10 heteroatoms. The second kappa shape index (κ2) is 8.96.